The number of rotatable bonds is 4. The Labute approximate surface area is 244 Å². The van der Waals surface area contributed by atoms with Crippen molar-refractivity contribution in [1.82, 2.24) is 4.90 Å². The SMILES string of the molecule is COc1cc2cc(c1OC)OC[C@H](CO)OC/C=C/[C@@H](C)[C@@H](C)OC(=O)[C@@H]1CCCCN1C(=O)[C@H]2C1CCCCC1. The number of carbonyl (C=O) groups excluding carboxylic acids is 2. The molecule has 3 aliphatic rings. The molecule has 0 radical (unpaired) electrons. The van der Waals surface area contributed by atoms with E-state index in [1.807, 2.05) is 38.1 Å². The predicted octanol–water partition coefficient (Wildman–Crippen LogP) is 4.64. The lowest BCUT2D eigenvalue weighted by Crippen LogP contribution is -2.51. The average Bonchev–Trinajstić information content (AvgIpc) is 3.00. The van der Waals surface area contributed by atoms with Gasteiger partial charge in [0.1, 0.15) is 24.9 Å². The van der Waals surface area contributed by atoms with Crippen LogP contribution in [0.3, 0.4) is 0 Å². The maximum atomic E-state index is 14.6. The minimum Gasteiger partial charge on any atom is -0.493 e. The van der Waals surface area contributed by atoms with E-state index in [2.05, 4.69) is 0 Å². The van der Waals surface area contributed by atoms with E-state index in [1.54, 1.807) is 19.1 Å². The first-order chi connectivity index (χ1) is 19.9. The molecule has 9 heteroatoms. The quantitative estimate of drug-likeness (QED) is 0.410. The molecule has 228 valence electrons. The van der Waals surface area contributed by atoms with E-state index < -0.39 is 18.1 Å². The van der Waals surface area contributed by atoms with Crippen LogP contribution in [0.4, 0.5) is 0 Å². The number of fused-ring (bicyclic) bond motifs is 3. The second kappa shape index (κ2) is 14.9. The number of carbonyl (C=O) groups is 2. The van der Waals surface area contributed by atoms with Crippen molar-refractivity contribution in [2.75, 3.05) is 40.6 Å². The number of benzene rings is 1. The highest BCUT2D eigenvalue weighted by molar-refractivity contribution is 5.89. The number of esters is 1. The first-order valence-corrected chi connectivity index (χ1v) is 15.2. The van der Waals surface area contributed by atoms with Crippen LogP contribution in [0.15, 0.2) is 24.3 Å². The molecule has 2 bridgehead atoms. The van der Waals surface area contributed by atoms with Crippen LogP contribution in [0.25, 0.3) is 0 Å². The highest BCUT2D eigenvalue weighted by Gasteiger charge is 2.41. The van der Waals surface area contributed by atoms with Gasteiger partial charge >= 0.3 is 5.97 Å². The van der Waals surface area contributed by atoms with Gasteiger partial charge in [-0.1, -0.05) is 38.3 Å². The van der Waals surface area contributed by atoms with Gasteiger partial charge in [0.2, 0.25) is 11.7 Å². The molecular weight excluding hydrogens is 526 g/mol. The third kappa shape index (κ3) is 7.55. The number of amides is 1. The molecule has 0 spiro atoms. The Morgan fingerprint density at radius 1 is 1.00 bits per heavy atom. The first kappa shape index (κ1) is 31.2. The molecule has 41 heavy (non-hydrogen) atoms. The molecule has 1 aliphatic carbocycles. The number of aliphatic hydroxyl groups excluding tert-OH is 1. The van der Waals surface area contributed by atoms with Crippen LogP contribution in [0.1, 0.15) is 76.7 Å². The lowest BCUT2D eigenvalue weighted by Gasteiger charge is -2.40. The molecule has 4 rings (SSSR count). The molecule has 9 nitrogen and oxygen atoms in total. The molecule has 1 aromatic rings. The number of piperidine rings is 1. The van der Waals surface area contributed by atoms with Crippen LogP contribution in [0.2, 0.25) is 0 Å². The van der Waals surface area contributed by atoms with Crippen LogP contribution in [0.5, 0.6) is 17.2 Å². The Morgan fingerprint density at radius 2 is 1.76 bits per heavy atom. The molecule has 2 fully saturated rings. The Bertz CT molecular complexity index is 1050. The molecule has 0 aromatic heterocycles. The van der Waals surface area contributed by atoms with Gasteiger partial charge in [0.25, 0.3) is 0 Å². The second-order valence-electron chi connectivity index (χ2n) is 11.6. The standard InChI is InChI=1S/C32H47NO8/c1-21-11-10-16-39-25(19-34)20-40-28-18-24(17-27(37-3)30(28)38-4)29(23-12-6-5-7-13-23)31(35)33-15-9-8-14-26(33)32(36)41-22(21)2/h10-11,17-18,21-23,25-26,29,34H,5-9,12-16,19-20H2,1-4H3/b11-10+/t21-,22-,25+,26+,29+/m1/s1. The smallest absolute Gasteiger partial charge is 0.329 e. The van der Waals surface area contributed by atoms with Crippen molar-refractivity contribution >= 4 is 11.9 Å². The van der Waals surface area contributed by atoms with Crippen LogP contribution in [-0.2, 0) is 19.1 Å². The van der Waals surface area contributed by atoms with E-state index in [0.29, 0.717) is 30.2 Å². The Balaban J connectivity index is 1.79. The lowest BCUT2D eigenvalue weighted by atomic mass is 9.75. The van der Waals surface area contributed by atoms with Crippen molar-refractivity contribution in [3.8, 4) is 17.2 Å². The van der Waals surface area contributed by atoms with Crippen molar-refractivity contribution < 1.29 is 38.4 Å². The summed E-state index contributed by atoms with van der Waals surface area (Å²) in [5, 5.41) is 9.94. The number of hydrogen-bond acceptors (Lipinski definition) is 8. The fourth-order valence-corrected chi connectivity index (χ4v) is 6.26. The van der Waals surface area contributed by atoms with E-state index in [1.165, 1.54) is 0 Å². The number of nitrogens with zero attached hydrogens (tertiary/aromatic N) is 1. The maximum absolute atomic E-state index is 14.6. The van der Waals surface area contributed by atoms with Gasteiger partial charge in [-0.25, -0.2) is 4.79 Å². The number of hydrogen-bond donors (Lipinski definition) is 1. The molecule has 1 saturated carbocycles. The highest BCUT2D eigenvalue weighted by Crippen LogP contribution is 2.45. The summed E-state index contributed by atoms with van der Waals surface area (Å²) in [6.45, 7) is 4.52. The van der Waals surface area contributed by atoms with Gasteiger partial charge in [0.05, 0.1) is 33.4 Å². The van der Waals surface area contributed by atoms with Gasteiger partial charge in [-0.3, -0.25) is 4.79 Å². The maximum Gasteiger partial charge on any atom is 0.329 e. The topological polar surface area (TPSA) is 104 Å². The zero-order chi connectivity index (χ0) is 29.4. The van der Waals surface area contributed by atoms with Crippen LogP contribution in [-0.4, -0.2) is 80.7 Å². The number of aliphatic hydroxyl groups is 1. The number of ether oxygens (including phenoxy) is 5. The second-order valence-corrected chi connectivity index (χ2v) is 11.6. The van der Waals surface area contributed by atoms with E-state index in [-0.39, 0.29) is 49.6 Å². The lowest BCUT2D eigenvalue weighted by molar-refractivity contribution is -0.163. The Hall–Kier alpha value is -2.78. The molecule has 0 unspecified atom stereocenters. The molecule has 1 amide bonds. The van der Waals surface area contributed by atoms with Gasteiger partial charge < -0.3 is 33.7 Å². The third-order valence-corrected chi connectivity index (χ3v) is 8.81. The summed E-state index contributed by atoms with van der Waals surface area (Å²) in [6, 6.07) is 3.12. The Morgan fingerprint density at radius 3 is 2.46 bits per heavy atom. The summed E-state index contributed by atoms with van der Waals surface area (Å²) in [5.41, 5.74) is 0.778. The summed E-state index contributed by atoms with van der Waals surface area (Å²) in [5.74, 6) is 0.523. The van der Waals surface area contributed by atoms with Gasteiger partial charge in [-0.05, 0) is 62.6 Å². The number of methoxy groups -OCH3 is 2. The van der Waals surface area contributed by atoms with Gasteiger partial charge in [0, 0.05) is 12.5 Å². The van der Waals surface area contributed by atoms with Crippen LogP contribution in [0, 0.1) is 11.8 Å². The summed E-state index contributed by atoms with van der Waals surface area (Å²) >= 11 is 0. The van der Waals surface area contributed by atoms with Crippen LogP contribution < -0.4 is 14.2 Å². The van der Waals surface area contributed by atoms with E-state index >= 15 is 0 Å². The first-order valence-electron chi connectivity index (χ1n) is 15.2. The van der Waals surface area contributed by atoms with Crippen molar-refractivity contribution in [1.29, 1.82) is 0 Å². The highest BCUT2D eigenvalue weighted by atomic mass is 16.6. The zero-order valence-electron chi connectivity index (χ0n) is 25.0. The summed E-state index contributed by atoms with van der Waals surface area (Å²) in [7, 11) is 3.11. The average molecular weight is 574 g/mol. The monoisotopic (exact) mass is 573 g/mol. The molecule has 2 aliphatic heterocycles. The largest absolute Gasteiger partial charge is 0.493 e. The van der Waals surface area contributed by atoms with Gasteiger partial charge in [-0.2, -0.15) is 0 Å². The summed E-state index contributed by atoms with van der Waals surface area (Å²) in [4.78, 5) is 29.9. The molecule has 1 saturated heterocycles. The molecule has 1 aromatic carbocycles. The van der Waals surface area contributed by atoms with Crippen molar-refractivity contribution in [2.45, 2.75) is 89.4 Å². The molecular formula is C32H47NO8. The minimum atomic E-state index is -0.607. The third-order valence-electron chi connectivity index (χ3n) is 8.81. The fraction of sp³-hybridized carbons (Fsp3) is 0.688. The molecule has 5 atom stereocenters. The Kier molecular flexibility index (Phi) is 11.3. The predicted molar refractivity (Wildman–Crippen MR) is 154 cm³/mol. The summed E-state index contributed by atoms with van der Waals surface area (Å²) < 4.78 is 29.3. The van der Waals surface area contributed by atoms with E-state index in [4.69, 9.17) is 23.7 Å². The van der Waals surface area contributed by atoms with Gasteiger partial charge in [0.15, 0.2) is 11.5 Å². The van der Waals surface area contributed by atoms with Gasteiger partial charge in [-0.15, -0.1) is 0 Å². The summed E-state index contributed by atoms with van der Waals surface area (Å²) in [6.07, 6.45) is 10.3. The van der Waals surface area contributed by atoms with Crippen LogP contribution >= 0.6 is 0 Å². The van der Waals surface area contributed by atoms with Crippen molar-refractivity contribution in [2.24, 2.45) is 11.8 Å². The normalized spacial score (nSPS) is 29.8. The molecule has 2 heterocycles. The van der Waals surface area contributed by atoms with E-state index in [9.17, 15) is 14.7 Å². The number of cyclic esters (lactones) is 1. The zero-order valence-corrected chi connectivity index (χ0v) is 25.0. The van der Waals surface area contributed by atoms with Crippen molar-refractivity contribution in [3.05, 3.63) is 29.8 Å². The van der Waals surface area contributed by atoms with E-state index in [0.717, 1.165) is 50.5 Å². The minimum absolute atomic E-state index is 0.0463. The van der Waals surface area contributed by atoms with Crippen molar-refractivity contribution in [3.63, 3.8) is 0 Å². The fourth-order valence-electron chi connectivity index (χ4n) is 6.26. The molecule has 1 N–H and O–H groups in total.